The summed E-state index contributed by atoms with van der Waals surface area (Å²) in [6, 6.07) is 1.85. The Bertz CT molecular complexity index is 995. The molecule has 0 unspecified atom stereocenters. The Morgan fingerprint density at radius 1 is 1.12 bits per heavy atom. The SMILES string of the molecule is O=C1OC[C@@]23C1=C[C@H]1C[C@@]24C=CC2=C([C@@H](c5ccoc5)OC2=O)[C@]43C1. The Morgan fingerprint density at radius 3 is 2.88 bits per heavy atom. The standard InChI is InChI=1S/C20H14O5/c21-16-12-1-3-18-6-10-5-13-17(22)24-9-20(13,18)19(18,7-10)14(12)15(25-16)11-2-4-23-8-11/h1-5,8,10,15H,6-7,9H2/t10-,15+,18+,19+,20+/m0/s1. The Kier molecular flexibility index (Phi) is 1.73. The second-order valence-electron chi connectivity index (χ2n) is 8.11. The van der Waals surface area contributed by atoms with E-state index < -0.39 is 6.10 Å². The van der Waals surface area contributed by atoms with Crippen LogP contribution < -0.4 is 0 Å². The van der Waals surface area contributed by atoms with Gasteiger partial charge in [0.25, 0.3) is 0 Å². The van der Waals surface area contributed by atoms with Crippen molar-refractivity contribution in [2.75, 3.05) is 6.61 Å². The summed E-state index contributed by atoms with van der Waals surface area (Å²) >= 11 is 0. The summed E-state index contributed by atoms with van der Waals surface area (Å²) < 4.78 is 16.5. The lowest BCUT2D eigenvalue weighted by atomic mass is 9.69. The van der Waals surface area contributed by atoms with E-state index in [2.05, 4.69) is 12.2 Å². The summed E-state index contributed by atoms with van der Waals surface area (Å²) in [5.74, 6) is -0.0970. The van der Waals surface area contributed by atoms with Crippen molar-refractivity contribution in [3.05, 3.63) is 59.1 Å². The van der Waals surface area contributed by atoms with Crippen molar-refractivity contribution in [1.29, 1.82) is 0 Å². The molecule has 0 N–H and O–H groups in total. The van der Waals surface area contributed by atoms with Crippen molar-refractivity contribution in [1.82, 2.24) is 0 Å². The van der Waals surface area contributed by atoms with E-state index in [0.717, 1.165) is 29.6 Å². The molecule has 3 heterocycles. The fourth-order valence-corrected chi connectivity index (χ4v) is 7.08. The zero-order chi connectivity index (χ0) is 16.6. The number of esters is 2. The highest BCUT2D eigenvalue weighted by molar-refractivity contribution is 6.01. The van der Waals surface area contributed by atoms with Gasteiger partial charge in [-0.3, -0.25) is 0 Å². The van der Waals surface area contributed by atoms with Crippen molar-refractivity contribution in [2.45, 2.75) is 18.9 Å². The van der Waals surface area contributed by atoms with E-state index in [1.807, 2.05) is 12.1 Å². The predicted molar refractivity (Wildman–Crippen MR) is 82.8 cm³/mol. The second-order valence-corrected chi connectivity index (χ2v) is 8.11. The molecule has 1 aromatic heterocycles. The molecule has 5 atom stereocenters. The molecule has 8 rings (SSSR count). The first kappa shape index (κ1) is 12.8. The lowest BCUT2D eigenvalue weighted by Gasteiger charge is -2.31. The first-order chi connectivity index (χ1) is 12.1. The van der Waals surface area contributed by atoms with Crippen LogP contribution in [-0.2, 0) is 19.1 Å². The third kappa shape index (κ3) is 0.969. The van der Waals surface area contributed by atoms with Crippen LogP contribution in [0.25, 0.3) is 0 Å². The first-order valence-corrected chi connectivity index (χ1v) is 8.71. The Labute approximate surface area is 143 Å². The van der Waals surface area contributed by atoms with Crippen LogP contribution in [0.3, 0.4) is 0 Å². The van der Waals surface area contributed by atoms with E-state index in [4.69, 9.17) is 13.9 Å². The van der Waals surface area contributed by atoms with Gasteiger partial charge in [0.05, 0.1) is 23.5 Å². The molecule has 3 fully saturated rings. The smallest absolute Gasteiger partial charge is 0.339 e. The number of furan rings is 1. The molecule has 4 bridgehead atoms. The van der Waals surface area contributed by atoms with Crippen LogP contribution in [0.5, 0.6) is 0 Å². The lowest BCUT2D eigenvalue weighted by molar-refractivity contribution is -0.140. The highest BCUT2D eigenvalue weighted by Gasteiger charge is 2.95. The molecule has 3 spiro atoms. The average Bonchev–Trinajstić information content (AvgIpc) is 3.20. The van der Waals surface area contributed by atoms with Crippen LogP contribution in [0.2, 0.25) is 0 Å². The molecule has 1 aromatic rings. The molecule has 2 aliphatic heterocycles. The van der Waals surface area contributed by atoms with Crippen LogP contribution in [0.4, 0.5) is 0 Å². The topological polar surface area (TPSA) is 65.7 Å². The van der Waals surface area contributed by atoms with Crippen molar-refractivity contribution in [3.63, 3.8) is 0 Å². The van der Waals surface area contributed by atoms with Gasteiger partial charge in [-0.25, -0.2) is 9.59 Å². The Morgan fingerprint density at radius 2 is 2.04 bits per heavy atom. The summed E-state index contributed by atoms with van der Waals surface area (Å²) in [6.45, 7) is 0.414. The highest BCUT2D eigenvalue weighted by Crippen LogP contribution is 2.96. The van der Waals surface area contributed by atoms with Gasteiger partial charge in [-0.2, -0.15) is 0 Å². The zero-order valence-corrected chi connectivity index (χ0v) is 13.3. The quantitative estimate of drug-likeness (QED) is 0.739. The maximum atomic E-state index is 12.5. The highest BCUT2D eigenvalue weighted by atomic mass is 16.6. The molecule has 5 heteroatoms. The Balaban J connectivity index is 1.53. The minimum Gasteiger partial charge on any atom is -0.472 e. The van der Waals surface area contributed by atoms with Crippen LogP contribution in [-0.4, -0.2) is 18.5 Å². The van der Waals surface area contributed by atoms with Crippen molar-refractivity contribution in [3.8, 4) is 0 Å². The monoisotopic (exact) mass is 334 g/mol. The van der Waals surface area contributed by atoms with Crippen molar-refractivity contribution in [2.24, 2.45) is 22.2 Å². The summed E-state index contributed by atoms with van der Waals surface area (Å²) in [4.78, 5) is 24.9. The van der Waals surface area contributed by atoms with Gasteiger partial charge < -0.3 is 13.9 Å². The largest absolute Gasteiger partial charge is 0.472 e. The molecule has 25 heavy (non-hydrogen) atoms. The number of rotatable bonds is 1. The second kappa shape index (κ2) is 3.39. The first-order valence-electron chi connectivity index (χ1n) is 8.71. The molecule has 1 saturated heterocycles. The fourth-order valence-electron chi connectivity index (χ4n) is 7.08. The molecular formula is C20H14O5. The van der Waals surface area contributed by atoms with E-state index in [1.165, 1.54) is 0 Å². The van der Waals surface area contributed by atoms with E-state index in [1.54, 1.807) is 12.5 Å². The maximum Gasteiger partial charge on any atom is 0.339 e. The molecule has 2 saturated carbocycles. The number of hydrogen-bond acceptors (Lipinski definition) is 5. The summed E-state index contributed by atoms with van der Waals surface area (Å²) in [5, 5.41) is 0. The lowest BCUT2D eigenvalue weighted by Crippen LogP contribution is -2.28. The average molecular weight is 334 g/mol. The Hall–Kier alpha value is -2.56. The summed E-state index contributed by atoms with van der Waals surface area (Å²) in [7, 11) is 0. The predicted octanol–water partition coefficient (Wildman–Crippen LogP) is 2.62. The van der Waals surface area contributed by atoms with E-state index >= 15 is 0 Å². The van der Waals surface area contributed by atoms with Crippen molar-refractivity contribution >= 4 is 11.9 Å². The zero-order valence-electron chi connectivity index (χ0n) is 13.3. The number of hydrogen-bond donors (Lipinski definition) is 0. The number of carbonyl (C=O) groups excluding carboxylic acids is 2. The van der Waals surface area contributed by atoms with Gasteiger partial charge in [-0.15, -0.1) is 0 Å². The third-order valence-corrected chi connectivity index (χ3v) is 7.68. The molecule has 7 aliphatic rings. The van der Waals surface area contributed by atoms with Gasteiger partial charge >= 0.3 is 11.9 Å². The van der Waals surface area contributed by atoms with Crippen LogP contribution in [0, 0.1) is 22.2 Å². The number of cyclic esters (lactones) is 2. The van der Waals surface area contributed by atoms with Gasteiger partial charge in [0.1, 0.15) is 6.61 Å². The van der Waals surface area contributed by atoms with E-state index in [0.29, 0.717) is 18.1 Å². The molecule has 5 aliphatic carbocycles. The molecule has 0 radical (unpaired) electrons. The fraction of sp³-hybridized carbons (Fsp3) is 0.400. The van der Waals surface area contributed by atoms with Crippen molar-refractivity contribution < 1.29 is 23.5 Å². The van der Waals surface area contributed by atoms with Crippen LogP contribution >= 0.6 is 0 Å². The van der Waals surface area contributed by atoms with Gasteiger partial charge in [-0.1, -0.05) is 18.2 Å². The molecule has 0 amide bonds. The van der Waals surface area contributed by atoms with E-state index in [-0.39, 0.29) is 28.2 Å². The molecule has 0 aromatic carbocycles. The van der Waals surface area contributed by atoms with Crippen LogP contribution in [0.15, 0.2) is 58.0 Å². The van der Waals surface area contributed by atoms with Gasteiger partial charge in [0, 0.05) is 22.0 Å². The van der Waals surface area contributed by atoms with Gasteiger partial charge in [0.15, 0.2) is 6.10 Å². The molecule has 5 nitrogen and oxygen atoms in total. The van der Waals surface area contributed by atoms with Gasteiger partial charge in [0.2, 0.25) is 0 Å². The van der Waals surface area contributed by atoms with Gasteiger partial charge in [-0.05, 0) is 30.4 Å². The summed E-state index contributed by atoms with van der Waals surface area (Å²) in [5.41, 5.74) is 2.77. The van der Waals surface area contributed by atoms with Crippen LogP contribution in [0.1, 0.15) is 24.5 Å². The third-order valence-electron chi connectivity index (χ3n) is 7.68. The number of ether oxygens (including phenoxy) is 2. The summed E-state index contributed by atoms with van der Waals surface area (Å²) in [6.07, 6.45) is 11.0. The molecular weight excluding hydrogens is 320 g/mol. The minimum absolute atomic E-state index is 0.101. The number of carbonyl (C=O) groups is 2. The normalized spacial score (nSPS) is 47.1. The molecule has 124 valence electrons. The minimum atomic E-state index is -0.418. The maximum absolute atomic E-state index is 12.5. The van der Waals surface area contributed by atoms with E-state index in [9.17, 15) is 9.59 Å². The number of allylic oxidation sites excluding steroid dienone is 2.